The molecule has 0 fully saturated rings. The first-order valence-corrected chi connectivity index (χ1v) is 7.61. The lowest BCUT2D eigenvalue weighted by Gasteiger charge is -2.12. The summed E-state index contributed by atoms with van der Waals surface area (Å²) in [6.07, 6.45) is 11.1. The fraction of sp³-hybridized carbons (Fsp3) is 0.933. The molecule has 0 heterocycles. The summed E-state index contributed by atoms with van der Waals surface area (Å²) in [5, 5.41) is 8.43. The molecule has 0 saturated heterocycles. The first-order chi connectivity index (χ1) is 9.16. The predicted molar refractivity (Wildman–Crippen MR) is 76.2 cm³/mol. The minimum absolute atomic E-state index is 0.293. The van der Waals surface area contributed by atoms with E-state index in [1.807, 2.05) is 0 Å². The highest BCUT2D eigenvalue weighted by Crippen LogP contribution is 2.09. The van der Waals surface area contributed by atoms with Crippen LogP contribution in [-0.2, 0) is 14.3 Å². The minimum Gasteiger partial charge on any atom is -0.480 e. The highest BCUT2D eigenvalue weighted by Gasteiger charge is 2.04. The van der Waals surface area contributed by atoms with E-state index in [4.69, 9.17) is 14.6 Å². The van der Waals surface area contributed by atoms with Gasteiger partial charge in [-0.3, -0.25) is 0 Å². The number of aliphatic carboxylic acids is 1. The zero-order valence-corrected chi connectivity index (χ0v) is 12.5. The van der Waals surface area contributed by atoms with Crippen molar-refractivity contribution in [2.24, 2.45) is 0 Å². The van der Waals surface area contributed by atoms with Crippen LogP contribution in [0.25, 0.3) is 0 Å². The summed E-state index contributed by atoms with van der Waals surface area (Å²) in [4.78, 5) is 10.3. The number of unbranched alkanes of at least 4 members (excludes halogenated alkanes) is 8. The van der Waals surface area contributed by atoms with Crippen LogP contribution in [0.5, 0.6) is 0 Å². The van der Waals surface area contributed by atoms with Gasteiger partial charge in [0.25, 0.3) is 0 Å². The van der Waals surface area contributed by atoms with Gasteiger partial charge >= 0.3 is 5.97 Å². The largest absolute Gasteiger partial charge is 0.480 e. The van der Waals surface area contributed by atoms with Gasteiger partial charge in [0.2, 0.25) is 0 Å². The average Bonchev–Trinajstić information content (AvgIpc) is 2.38. The van der Waals surface area contributed by atoms with Crippen LogP contribution < -0.4 is 0 Å². The molecule has 1 N–H and O–H groups in total. The molecular weight excluding hydrogens is 244 g/mol. The molecule has 0 spiro atoms. The van der Waals surface area contributed by atoms with Gasteiger partial charge in [0.05, 0.1) is 0 Å². The van der Waals surface area contributed by atoms with Crippen LogP contribution in [0, 0.1) is 0 Å². The van der Waals surface area contributed by atoms with E-state index < -0.39 is 12.3 Å². The summed E-state index contributed by atoms with van der Waals surface area (Å²) in [7, 11) is 0. The number of hydrogen-bond acceptors (Lipinski definition) is 3. The number of carbonyl (C=O) groups is 1. The highest BCUT2D eigenvalue weighted by atomic mass is 16.7. The van der Waals surface area contributed by atoms with Crippen LogP contribution in [-0.4, -0.2) is 30.6 Å². The van der Waals surface area contributed by atoms with Crippen LogP contribution in [0.15, 0.2) is 0 Å². The highest BCUT2D eigenvalue weighted by molar-refractivity contribution is 5.67. The number of carboxylic acids is 1. The summed E-state index contributed by atoms with van der Waals surface area (Å²) >= 11 is 0. The molecule has 19 heavy (non-hydrogen) atoms. The number of carboxylic acid groups (broad SMARTS) is 1. The number of hydrogen-bond donors (Lipinski definition) is 1. The van der Waals surface area contributed by atoms with E-state index in [0.29, 0.717) is 6.61 Å². The molecule has 0 bridgehead atoms. The lowest BCUT2D eigenvalue weighted by atomic mass is 10.1. The first-order valence-electron chi connectivity index (χ1n) is 7.61. The van der Waals surface area contributed by atoms with Gasteiger partial charge in [-0.25, -0.2) is 4.79 Å². The average molecular weight is 274 g/mol. The van der Waals surface area contributed by atoms with E-state index in [9.17, 15) is 4.79 Å². The molecule has 114 valence electrons. The third-order valence-corrected chi connectivity index (χ3v) is 3.04. The van der Waals surface area contributed by atoms with E-state index in [1.165, 1.54) is 51.4 Å². The van der Waals surface area contributed by atoms with Crippen molar-refractivity contribution in [3.63, 3.8) is 0 Å². The molecular formula is C15H30O4. The molecule has 0 aliphatic rings. The van der Waals surface area contributed by atoms with E-state index in [0.717, 1.165) is 6.42 Å². The Morgan fingerprint density at radius 3 is 2.00 bits per heavy atom. The second-order valence-electron chi connectivity index (χ2n) is 4.97. The standard InChI is InChI=1S/C15H30O4/c1-3-4-5-6-7-8-9-10-11-12-18-14(2)19-13-15(16)17/h14H,3-13H2,1-2H3,(H,16,17). The van der Waals surface area contributed by atoms with E-state index in [2.05, 4.69) is 6.92 Å². The Labute approximate surface area is 117 Å². The van der Waals surface area contributed by atoms with Gasteiger partial charge in [-0.15, -0.1) is 0 Å². The smallest absolute Gasteiger partial charge is 0.329 e. The molecule has 1 unspecified atom stereocenters. The quantitative estimate of drug-likeness (QED) is 0.384. The van der Waals surface area contributed by atoms with Crippen molar-refractivity contribution in [3.05, 3.63) is 0 Å². The zero-order chi connectivity index (χ0) is 14.3. The molecule has 4 heteroatoms. The van der Waals surface area contributed by atoms with Crippen molar-refractivity contribution in [1.82, 2.24) is 0 Å². The van der Waals surface area contributed by atoms with Gasteiger partial charge in [0, 0.05) is 6.61 Å². The fourth-order valence-corrected chi connectivity index (χ4v) is 1.90. The molecule has 0 amide bonds. The zero-order valence-electron chi connectivity index (χ0n) is 12.5. The van der Waals surface area contributed by atoms with Gasteiger partial charge in [0.15, 0.2) is 6.29 Å². The summed E-state index contributed by atoms with van der Waals surface area (Å²) in [6, 6.07) is 0. The van der Waals surface area contributed by atoms with E-state index in [1.54, 1.807) is 6.92 Å². The van der Waals surface area contributed by atoms with Crippen molar-refractivity contribution >= 4 is 5.97 Å². The Balaban J connectivity index is 3.11. The van der Waals surface area contributed by atoms with Gasteiger partial charge in [-0.1, -0.05) is 58.3 Å². The van der Waals surface area contributed by atoms with Crippen molar-refractivity contribution in [2.75, 3.05) is 13.2 Å². The Morgan fingerprint density at radius 1 is 0.947 bits per heavy atom. The topological polar surface area (TPSA) is 55.8 Å². The number of rotatable bonds is 14. The van der Waals surface area contributed by atoms with Crippen LogP contribution in [0.4, 0.5) is 0 Å². The molecule has 0 saturated carbocycles. The van der Waals surface area contributed by atoms with Crippen LogP contribution in [0.3, 0.4) is 0 Å². The molecule has 0 aromatic heterocycles. The molecule has 0 aromatic carbocycles. The monoisotopic (exact) mass is 274 g/mol. The van der Waals surface area contributed by atoms with Crippen molar-refractivity contribution in [2.45, 2.75) is 77.9 Å². The Kier molecular flexibility index (Phi) is 13.4. The Bertz CT molecular complexity index is 206. The van der Waals surface area contributed by atoms with Crippen molar-refractivity contribution in [1.29, 1.82) is 0 Å². The van der Waals surface area contributed by atoms with Gasteiger partial charge < -0.3 is 14.6 Å². The summed E-state index contributed by atoms with van der Waals surface area (Å²) in [5.74, 6) is -0.960. The minimum atomic E-state index is -0.960. The maximum Gasteiger partial charge on any atom is 0.329 e. The molecule has 0 aromatic rings. The molecule has 1 atom stereocenters. The van der Waals surface area contributed by atoms with Gasteiger partial charge in [0.1, 0.15) is 6.61 Å². The SMILES string of the molecule is CCCCCCCCCCCOC(C)OCC(=O)O. The van der Waals surface area contributed by atoms with Crippen LogP contribution in [0.1, 0.15) is 71.6 Å². The molecule has 0 radical (unpaired) electrons. The molecule has 0 aliphatic heterocycles. The van der Waals surface area contributed by atoms with Crippen molar-refractivity contribution in [3.8, 4) is 0 Å². The third-order valence-electron chi connectivity index (χ3n) is 3.04. The Hall–Kier alpha value is -0.610. The fourth-order valence-electron chi connectivity index (χ4n) is 1.90. The van der Waals surface area contributed by atoms with Crippen LogP contribution in [0.2, 0.25) is 0 Å². The van der Waals surface area contributed by atoms with Crippen molar-refractivity contribution < 1.29 is 19.4 Å². The summed E-state index contributed by atoms with van der Waals surface area (Å²) < 4.78 is 10.3. The predicted octanol–water partition coefficient (Wildman–Crippen LogP) is 3.98. The van der Waals surface area contributed by atoms with Gasteiger partial charge in [-0.05, 0) is 13.3 Å². The molecule has 0 aliphatic carbocycles. The van der Waals surface area contributed by atoms with E-state index >= 15 is 0 Å². The van der Waals surface area contributed by atoms with Gasteiger partial charge in [-0.2, -0.15) is 0 Å². The summed E-state index contributed by atoms with van der Waals surface area (Å²) in [6.45, 7) is 4.33. The maximum absolute atomic E-state index is 10.3. The normalized spacial score (nSPS) is 12.5. The Morgan fingerprint density at radius 2 is 1.47 bits per heavy atom. The van der Waals surface area contributed by atoms with Crippen LogP contribution >= 0.6 is 0 Å². The lowest BCUT2D eigenvalue weighted by Crippen LogP contribution is -2.18. The number of ether oxygens (including phenoxy) is 2. The third kappa shape index (κ3) is 15.3. The summed E-state index contributed by atoms with van der Waals surface area (Å²) in [5.41, 5.74) is 0. The first kappa shape index (κ1) is 18.4. The second kappa shape index (κ2) is 13.8. The molecule has 4 nitrogen and oxygen atoms in total. The lowest BCUT2D eigenvalue weighted by molar-refractivity contribution is -0.163. The second-order valence-corrected chi connectivity index (χ2v) is 4.97. The molecule has 0 rings (SSSR count). The maximum atomic E-state index is 10.3. The van der Waals surface area contributed by atoms with E-state index in [-0.39, 0.29) is 6.61 Å².